The normalized spacial score (nSPS) is 12.0. The minimum Gasteiger partial charge on any atom is -0.506 e. The molecule has 0 saturated carbocycles. The van der Waals surface area contributed by atoms with Gasteiger partial charge in [-0.3, -0.25) is 9.35 Å². The van der Waals surface area contributed by atoms with E-state index in [1.165, 1.54) is 24.3 Å². The van der Waals surface area contributed by atoms with Crippen molar-refractivity contribution < 1.29 is 67.4 Å². The Hall–Kier alpha value is -4.62. The molecule has 0 radical (unpaired) electrons. The van der Waals surface area contributed by atoms with Crippen LogP contribution in [-0.2, 0) is 33.7 Å². The summed E-state index contributed by atoms with van der Waals surface area (Å²) in [5.74, 6) is -2.79. The van der Waals surface area contributed by atoms with E-state index < -0.39 is 43.9 Å². The van der Waals surface area contributed by atoms with E-state index in [4.69, 9.17) is 10.5 Å². The van der Waals surface area contributed by atoms with Crippen LogP contribution in [-0.4, -0.2) is 49.8 Å². The van der Waals surface area contributed by atoms with Crippen molar-refractivity contribution in [3.05, 3.63) is 48.5 Å². The molecule has 0 fully saturated rings. The summed E-state index contributed by atoms with van der Waals surface area (Å²) in [4.78, 5) is 11.4. The van der Waals surface area contributed by atoms with Crippen molar-refractivity contribution in [1.29, 1.82) is 0 Å². The minimum atomic E-state index is -4.77. The van der Waals surface area contributed by atoms with E-state index in [1.807, 2.05) is 0 Å². The number of phenolic OH excluding ortho intramolecular Hbond substituents is 4. The topological polar surface area (TPSA) is 291 Å². The van der Waals surface area contributed by atoms with Crippen LogP contribution in [0.1, 0.15) is 6.92 Å². The van der Waals surface area contributed by atoms with Crippen molar-refractivity contribution in [2.75, 3.05) is 5.32 Å². The van der Waals surface area contributed by atoms with Gasteiger partial charge in [-0.25, -0.2) is 10.5 Å². The number of fused-ring (bicyclic) bond motifs is 1. The highest BCUT2D eigenvalue weighted by atomic mass is 32.2. The molecule has 0 bridgehead atoms. The van der Waals surface area contributed by atoms with E-state index in [0.717, 1.165) is 31.2 Å². The van der Waals surface area contributed by atoms with Crippen molar-refractivity contribution >= 4 is 79.3 Å². The lowest BCUT2D eigenvalue weighted by Crippen LogP contribution is -2.08. The van der Waals surface area contributed by atoms with Gasteiger partial charge in [-0.15, -0.1) is 29.1 Å². The first-order valence-corrected chi connectivity index (χ1v) is 14.9. The Bertz CT molecular complexity index is 1970. The molecular weight excluding hydrogens is 678 g/mol. The first-order chi connectivity index (χ1) is 21.8. The Morgan fingerprint density at radius 3 is 1.96 bits per heavy atom. The molecular formula is C24H19N5O14S3. The van der Waals surface area contributed by atoms with E-state index in [0.29, 0.717) is 29.0 Å². The molecule has 22 heteroatoms. The van der Waals surface area contributed by atoms with Gasteiger partial charge in [-0.1, -0.05) is 10.1 Å². The summed E-state index contributed by atoms with van der Waals surface area (Å²) in [6.07, 6.45) is 0. The van der Waals surface area contributed by atoms with Crippen LogP contribution < -0.4 is 5.32 Å². The average Bonchev–Trinajstić information content (AvgIpc) is 2.99. The monoisotopic (exact) mass is 697 g/mol. The Labute approximate surface area is 265 Å². The molecule has 19 nitrogen and oxygen atoms in total. The number of carbonyl (C=O) groups excluding carboxylic acids is 1. The first kappa shape index (κ1) is 34.3. The number of anilines is 1. The van der Waals surface area contributed by atoms with Crippen LogP contribution in [0.15, 0.2) is 83.7 Å². The zero-order valence-corrected chi connectivity index (χ0v) is 25.1. The van der Waals surface area contributed by atoms with Gasteiger partial charge in [-0.05, 0) is 41.8 Å². The summed E-state index contributed by atoms with van der Waals surface area (Å²) >= 11 is 0.883. The van der Waals surface area contributed by atoms with Gasteiger partial charge in [0.1, 0.15) is 40.0 Å². The van der Waals surface area contributed by atoms with Gasteiger partial charge >= 0.3 is 0 Å². The SMILES string of the molecule is CC(=O)Nc1cc(S(=O)(=O)O)cc2cc(SOOO)c(N=Nc3cc(O)c(N=Nc4cc(SOOO)ccc4O)cc3O)c(O)c12. The van der Waals surface area contributed by atoms with E-state index in [9.17, 15) is 38.2 Å². The fourth-order valence-electron chi connectivity index (χ4n) is 3.73. The number of amides is 1. The van der Waals surface area contributed by atoms with Crippen LogP contribution in [0.3, 0.4) is 0 Å². The molecule has 0 spiro atoms. The summed E-state index contributed by atoms with van der Waals surface area (Å²) < 4.78 is 41.9. The van der Waals surface area contributed by atoms with Gasteiger partial charge in [-0.2, -0.15) is 8.42 Å². The van der Waals surface area contributed by atoms with Gasteiger partial charge in [0.15, 0.2) is 5.75 Å². The maximum Gasteiger partial charge on any atom is 0.294 e. The second kappa shape index (κ2) is 14.6. The Morgan fingerprint density at radius 1 is 0.783 bits per heavy atom. The fraction of sp³-hybridized carbons (Fsp3) is 0.0417. The standard InChI is InChI=1S/C24H19N5O14S3/c1-10(30)25-17-7-13(46(37,38)39)4-11-5-21(45-43-41-36)23(24(34)22(11)17)29-28-16-9-19(32)15(8-20(16)33)27-26-14-6-12(44-42-40-35)2-3-18(14)31/h2-9,31-36H,1H3,(H,25,30)(H,37,38,39). The molecule has 46 heavy (non-hydrogen) atoms. The molecule has 4 rings (SSSR count). The van der Waals surface area contributed by atoms with E-state index in [2.05, 4.69) is 44.5 Å². The Morgan fingerprint density at radius 2 is 1.37 bits per heavy atom. The van der Waals surface area contributed by atoms with Crippen LogP contribution in [0, 0.1) is 0 Å². The van der Waals surface area contributed by atoms with Crippen molar-refractivity contribution in [2.24, 2.45) is 20.5 Å². The van der Waals surface area contributed by atoms with Crippen LogP contribution in [0.2, 0.25) is 0 Å². The number of azo groups is 2. The average molecular weight is 698 g/mol. The number of carbonyl (C=O) groups is 1. The van der Waals surface area contributed by atoms with Crippen LogP contribution in [0.25, 0.3) is 10.8 Å². The highest BCUT2D eigenvalue weighted by Gasteiger charge is 2.22. The molecule has 4 aromatic rings. The van der Waals surface area contributed by atoms with Crippen molar-refractivity contribution in [1.82, 2.24) is 0 Å². The molecule has 0 aliphatic heterocycles. The highest BCUT2D eigenvalue weighted by Crippen LogP contribution is 2.48. The second-order valence-corrected chi connectivity index (χ2v) is 11.6. The number of rotatable bonds is 12. The van der Waals surface area contributed by atoms with Crippen molar-refractivity contribution in [2.45, 2.75) is 21.6 Å². The van der Waals surface area contributed by atoms with E-state index in [1.54, 1.807) is 0 Å². The van der Waals surface area contributed by atoms with Gasteiger partial charge in [0, 0.05) is 29.3 Å². The lowest BCUT2D eigenvalue weighted by molar-refractivity contribution is -0.432. The van der Waals surface area contributed by atoms with Gasteiger partial charge in [0.25, 0.3) is 10.1 Å². The maximum atomic E-state index is 11.8. The summed E-state index contributed by atoms with van der Waals surface area (Å²) in [6, 6.07) is 8.92. The molecule has 0 unspecified atom stereocenters. The molecule has 8 N–H and O–H groups in total. The summed E-state index contributed by atoms with van der Waals surface area (Å²) in [7, 11) is -4.77. The predicted molar refractivity (Wildman–Crippen MR) is 157 cm³/mol. The van der Waals surface area contributed by atoms with Crippen molar-refractivity contribution in [3.8, 4) is 23.0 Å². The number of phenols is 4. The molecule has 0 heterocycles. The lowest BCUT2D eigenvalue weighted by Gasteiger charge is -2.14. The summed E-state index contributed by atoms with van der Waals surface area (Å²) in [5.41, 5.74) is -1.33. The number of hydrogen-bond acceptors (Lipinski definition) is 19. The predicted octanol–water partition coefficient (Wildman–Crippen LogP) is 6.55. The molecule has 0 atom stereocenters. The van der Waals surface area contributed by atoms with Crippen LogP contribution in [0.5, 0.6) is 23.0 Å². The number of benzene rings is 4. The first-order valence-electron chi connectivity index (χ1n) is 11.9. The highest BCUT2D eigenvalue weighted by molar-refractivity contribution is 7.95. The molecule has 4 aromatic carbocycles. The number of nitrogens with one attached hydrogen (secondary N) is 1. The Balaban J connectivity index is 1.76. The fourth-order valence-corrected chi connectivity index (χ4v) is 5.16. The van der Waals surface area contributed by atoms with Gasteiger partial charge in [0.2, 0.25) is 5.91 Å². The number of aromatic hydroxyl groups is 4. The number of hydrogen-bond donors (Lipinski definition) is 8. The Kier molecular flexibility index (Phi) is 10.9. The minimum absolute atomic E-state index is 0.0426. The molecule has 0 saturated heterocycles. The van der Waals surface area contributed by atoms with Crippen LogP contribution >= 0.6 is 24.1 Å². The van der Waals surface area contributed by atoms with Crippen molar-refractivity contribution in [3.63, 3.8) is 0 Å². The summed E-state index contributed by atoms with van der Waals surface area (Å²) in [5, 5.41) is 83.7. The molecule has 0 aliphatic rings. The van der Waals surface area contributed by atoms with E-state index in [-0.39, 0.29) is 44.2 Å². The zero-order chi connectivity index (χ0) is 33.6. The van der Waals surface area contributed by atoms with E-state index >= 15 is 0 Å². The lowest BCUT2D eigenvalue weighted by atomic mass is 10.1. The third-order valence-corrected chi connectivity index (χ3v) is 7.62. The largest absolute Gasteiger partial charge is 0.506 e. The third-order valence-electron chi connectivity index (χ3n) is 5.59. The smallest absolute Gasteiger partial charge is 0.294 e. The molecule has 0 aliphatic carbocycles. The van der Waals surface area contributed by atoms with Gasteiger partial charge < -0.3 is 25.7 Å². The quantitative estimate of drug-likeness (QED) is 0.0194. The second-order valence-electron chi connectivity index (χ2n) is 8.63. The zero-order valence-electron chi connectivity index (χ0n) is 22.6. The molecule has 242 valence electrons. The molecule has 0 aromatic heterocycles. The summed E-state index contributed by atoms with van der Waals surface area (Å²) in [6.45, 7) is 1.11. The molecule has 1 amide bonds. The van der Waals surface area contributed by atoms with Crippen LogP contribution in [0.4, 0.5) is 28.4 Å². The van der Waals surface area contributed by atoms with Gasteiger partial charge in [0.05, 0.1) is 39.6 Å². The maximum absolute atomic E-state index is 11.8. The third kappa shape index (κ3) is 8.15. The number of nitrogens with zero attached hydrogens (tertiary/aromatic N) is 4.